The molecule has 1 heterocycles. The smallest absolute Gasteiger partial charge is 0.233 e. The molecule has 21 heavy (non-hydrogen) atoms. The second kappa shape index (κ2) is 5.92. The zero-order chi connectivity index (χ0) is 14.7. The third-order valence-corrected chi connectivity index (χ3v) is 3.84. The third-order valence-electron chi connectivity index (χ3n) is 3.84. The normalized spacial score (nSPS) is 10.8. The Hall–Kier alpha value is -2.42. The molecule has 3 aromatic rings. The molecule has 0 spiro atoms. The average molecular weight is 278 g/mol. The topological polar surface area (TPSA) is 21.7 Å². The Bertz CT molecular complexity index is 681. The second-order valence-electron chi connectivity index (χ2n) is 5.47. The summed E-state index contributed by atoms with van der Waals surface area (Å²) in [6.07, 6.45) is 3.96. The fourth-order valence-corrected chi connectivity index (χ4v) is 2.47. The van der Waals surface area contributed by atoms with Crippen LogP contribution in [-0.2, 0) is 13.1 Å². The van der Waals surface area contributed by atoms with Gasteiger partial charge in [-0.2, -0.15) is 0 Å². The first kappa shape index (κ1) is 13.6. The van der Waals surface area contributed by atoms with E-state index in [2.05, 4.69) is 78.4 Å². The van der Waals surface area contributed by atoms with Gasteiger partial charge in [0.05, 0.1) is 6.54 Å². The van der Waals surface area contributed by atoms with Gasteiger partial charge in [0.25, 0.3) is 6.33 Å². The number of nitrogens with zero attached hydrogens (tertiary/aromatic N) is 3. The maximum Gasteiger partial charge on any atom is 0.265 e. The number of hydrogen-bond acceptors (Lipinski definition) is 1. The highest BCUT2D eigenvalue weighted by atomic mass is 15.3. The summed E-state index contributed by atoms with van der Waals surface area (Å²) in [6.45, 7) is 5.96. The van der Waals surface area contributed by atoms with E-state index in [1.807, 2.05) is 11.0 Å². The van der Waals surface area contributed by atoms with Crippen LogP contribution < -0.4 is 4.57 Å². The van der Waals surface area contributed by atoms with Gasteiger partial charge >= 0.3 is 0 Å². The molecule has 3 nitrogen and oxygen atoms in total. The van der Waals surface area contributed by atoms with E-state index in [4.69, 9.17) is 0 Å². The molecule has 0 atom stereocenters. The number of benzene rings is 2. The summed E-state index contributed by atoms with van der Waals surface area (Å²) in [7, 11) is 0. The van der Waals surface area contributed by atoms with Gasteiger partial charge in [0, 0.05) is 5.10 Å². The van der Waals surface area contributed by atoms with Crippen molar-refractivity contribution >= 4 is 0 Å². The lowest BCUT2D eigenvalue weighted by atomic mass is 10.1. The van der Waals surface area contributed by atoms with Crippen LogP contribution in [0.2, 0.25) is 0 Å². The monoisotopic (exact) mass is 278 g/mol. The van der Waals surface area contributed by atoms with Crippen LogP contribution in [0.5, 0.6) is 0 Å². The summed E-state index contributed by atoms with van der Waals surface area (Å²) in [4.78, 5) is 0. The molecule has 2 aromatic carbocycles. The van der Waals surface area contributed by atoms with Gasteiger partial charge in [0.1, 0.15) is 6.54 Å². The van der Waals surface area contributed by atoms with Crippen molar-refractivity contribution < 1.29 is 4.57 Å². The van der Waals surface area contributed by atoms with Crippen molar-refractivity contribution in [2.45, 2.75) is 26.9 Å². The van der Waals surface area contributed by atoms with Crippen molar-refractivity contribution in [3.05, 3.63) is 83.4 Å². The van der Waals surface area contributed by atoms with Crippen LogP contribution in [0.3, 0.4) is 0 Å². The Labute approximate surface area is 125 Å². The minimum atomic E-state index is 0.813. The molecule has 0 bridgehead atoms. The SMILES string of the molecule is Cc1ccccc1Cn1c[n+](Cc2ccccc2C)cn1. The Morgan fingerprint density at radius 2 is 1.52 bits per heavy atom. The van der Waals surface area contributed by atoms with E-state index >= 15 is 0 Å². The zero-order valence-corrected chi connectivity index (χ0v) is 12.5. The molecule has 0 aliphatic rings. The van der Waals surface area contributed by atoms with Crippen molar-refractivity contribution in [2.24, 2.45) is 0 Å². The van der Waals surface area contributed by atoms with Crippen LogP contribution in [0, 0.1) is 13.8 Å². The summed E-state index contributed by atoms with van der Waals surface area (Å²) in [5.41, 5.74) is 5.26. The highest BCUT2D eigenvalue weighted by Crippen LogP contribution is 2.08. The predicted octanol–water partition coefficient (Wildman–Crippen LogP) is 2.88. The molecule has 0 saturated heterocycles. The molecule has 106 valence electrons. The van der Waals surface area contributed by atoms with Gasteiger partial charge in [-0.05, 0) is 36.1 Å². The largest absolute Gasteiger partial charge is 0.265 e. The first-order chi connectivity index (χ1) is 10.2. The van der Waals surface area contributed by atoms with E-state index in [1.165, 1.54) is 22.3 Å². The van der Waals surface area contributed by atoms with Gasteiger partial charge in [-0.15, -0.1) is 4.68 Å². The van der Waals surface area contributed by atoms with Crippen molar-refractivity contribution in [3.8, 4) is 0 Å². The molecule has 0 radical (unpaired) electrons. The molecule has 0 fully saturated rings. The van der Waals surface area contributed by atoms with Crippen LogP contribution in [0.1, 0.15) is 22.3 Å². The Morgan fingerprint density at radius 1 is 0.905 bits per heavy atom. The molecule has 1 aromatic heterocycles. The molecule has 0 aliphatic carbocycles. The third kappa shape index (κ3) is 3.19. The lowest BCUT2D eigenvalue weighted by Crippen LogP contribution is -2.32. The molecule has 0 aliphatic heterocycles. The fraction of sp³-hybridized carbons (Fsp3) is 0.222. The van der Waals surface area contributed by atoms with Crippen LogP contribution in [-0.4, -0.2) is 9.78 Å². The summed E-state index contributed by atoms with van der Waals surface area (Å²) in [5.74, 6) is 0. The summed E-state index contributed by atoms with van der Waals surface area (Å²) < 4.78 is 4.11. The fourth-order valence-electron chi connectivity index (χ4n) is 2.47. The number of rotatable bonds is 4. The van der Waals surface area contributed by atoms with Gasteiger partial charge < -0.3 is 0 Å². The Kier molecular flexibility index (Phi) is 3.82. The van der Waals surface area contributed by atoms with E-state index in [9.17, 15) is 0 Å². The second-order valence-corrected chi connectivity index (χ2v) is 5.47. The van der Waals surface area contributed by atoms with Gasteiger partial charge in [-0.1, -0.05) is 48.5 Å². The van der Waals surface area contributed by atoms with Crippen LogP contribution in [0.4, 0.5) is 0 Å². The molecule has 3 heteroatoms. The van der Waals surface area contributed by atoms with Crippen molar-refractivity contribution in [3.63, 3.8) is 0 Å². The van der Waals surface area contributed by atoms with E-state index in [0.29, 0.717) is 0 Å². The first-order valence-electron chi connectivity index (χ1n) is 7.23. The quantitative estimate of drug-likeness (QED) is 0.673. The van der Waals surface area contributed by atoms with E-state index < -0.39 is 0 Å². The molecule has 0 N–H and O–H groups in total. The number of hydrogen-bond donors (Lipinski definition) is 0. The highest BCUT2D eigenvalue weighted by Gasteiger charge is 2.09. The highest BCUT2D eigenvalue weighted by molar-refractivity contribution is 5.25. The Balaban J connectivity index is 1.75. The van der Waals surface area contributed by atoms with Gasteiger partial charge in [0.2, 0.25) is 6.33 Å². The minimum Gasteiger partial charge on any atom is -0.233 e. The van der Waals surface area contributed by atoms with Gasteiger partial charge in [-0.3, -0.25) is 0 Å². The van der Waals surface area contributed by atoms with Crippen LogP contribution in [0.15, 0.2) is 61.2 Å². The van der Waals surface area contributed by atoms with E-state index in [0.717, 1.165) is 13.1 Å². The number of aryl methyl sites for hydroxylation is 2. The summed E-state index contributed by atoms with van der Waals surface area (Å²) in [5, 5.41) is 4.46. The minimum absolute atomic E-state index is 0.813. The van der Waals surface area contributed by atoms with Crippen molar-refractivity contribution in [1.82, 2.24) is 9.78 Å². The maximum atomic E-state index is 4.46. The lowest BCUT2D eigenvalue weighted by Gasteiger charge is -2.02. The summed E-state index contributed by atoms with van der Waals surface area (Å²) >= 11 is 0. The molecule has 0 saturated carbocycles. The van der Waals surface area contributed by atoms with E-state index in [-0.39, 0.29) is 0 Å². The first-order valence-corrected chi connectivity index (χ1v) is 7.23. The predicted molar refractivity (Wildman–Crippen MR) is 83.0 cm³/mol. The zero-order valence-electron chi connectivity index (χ0n) is 12.5. The Morgan fingerprint density at radius 3 is 2.19 bits per heavy atom. The van der Waals surface area contributed by atoms with Gasteiger partial charge in [0.15, 0.2) is 0 Å². The molecular formula is C18H20N3+. The molecular weight excluding hydrogens is 258 g/mol. The van der Waals surface area contributed by atoms with Crippen LogP contribution >= 0.6 is 0 Å². The van der Waals surface area contributed by atoms with Crippen LogP contribution in [0.25, 0.3) is 0 Å². The summed E-state index contributed by atoms with van der Waals surface area (Å²) in [6, 6.07) is 16.9. The molecule has 0 amide bonds. The average Bonchev–Trinajstić information content (AvgIpc) is 2.91. The van der Waals surface area contributed by atoms with Crippen molar-refractivity contribution in [2.75, 3.05) is 0 Å². The van der Waals surface area contributed by atoms with E-state index in [1.54, 1.807) is 0 Å². The molecule has 0 unspecified atom stereocenters. The maximum absolute atomic E-state index is 4.46. The molecule has 3 rings (SSSR count). The lowest BCUT2D eigenvalue weighted by molar-refractivity contribution is -0.689. The standard InChI is InChI=1S/C18H20N3/c1-15-7-3-5-9-17(15)11-20-13-19-21(14-20)12-18-10-6-4-8-16(18)2/h3-10,13-14H,11-12H2,1-2H3/q+1. The number of aromatic nitrogens is 3. The van der Waals surface area contributed by atoms with Crippen molar-refractivity contribution in [1.29, 1.82) is 0 Å². The van der Waals surface area contributed by atoms with Gasteiger partial charge in [-0.25, -0.2) is 4.57 Å².